The Hall–Kier alpha value is -4.00. The van der Waals surface area contributed by atoms with Crippen molar-refractivity contribution in [3.05, 3.63) is 77.4 Å². The molecule has 7 nitrogen and oxygen atoms in total. The summed E-state index contributed by atoms with van der Waals surface area (Å²) in [6.45, 7) is 0.294. The van der Waals surface area contributed by atoms with Crippen molar-refractivity contribution in [1.29, 1.82) is 0 Å². The number of hydrogen-bond donors (Lipinski definition) is 2. The second kappa shape index (κ2) is 8.57. The highest BCUT2D eigenvalue weighted by Gasteiger charge is 2.19. The second-order valence-electron chi connectivity index (χ2n) is 6.55. The van der Waals surface area contributed by atoms with Crippen LogP contribution in [0.15, 0.2) is 59.2 Å². The molecule has 0 atom stereocenters. The van der Waals surface area contributed by atoms with Gasteiger partial charge in [-0.2, -0.15) is 5.10 Å². The molecule has 0 radical (unpaired) electrons. The van der Waals surface area contributed by atoms with E-state index in [1.165, 1.54) is 0 Å². The topological polar surface area (TPSA) is 89.4 Å². The smallest absolute Gasteiger partial charge is 0.255 e. The summed E-state index contributed by atoms with van der Waals surface area (Å²) in [6.07, 6.45) is 5.43. The lowest BCUT2D eigenvalue weighted by Gasteiger charge is -2.10. The normalized spacial score (nSPS) is 11.1. The summed E-state index contributed by atoms with van der Waals surface area (Å²) in [5, 5.41) is 10.9. The molecule has 2 N–H and O–H groups in total. The van der Waals surface area contributed by atoms with E-state index < -0.39 is 0 Å². The standard InChI is InChI=1S/C23H21N3O4/c1-28-16-8-5-15(6-9-16)7-11-19-21-20(26-25-19)12-10-18(22(21)29-2)23(27)24-14-17-4-3-13-30-17/h3-13H,14H2,1-2H3,(H,24,27)(H,25,26)/b11-7+. The van der Waals surface area contributed by atoms with Crippen LogP contribution in [0.2, 0.25) is 0 Å². The van der Waals surface area contributed by atoms with Gasteiger partial charge in [-0.15, -0.1) is 0 Å². The van der Waals surface area contributed by atoms with E-state index in [2.05, 4.69) is 15.5 Å². The van der Waals surface area contributed by atoms with E-state index in [9.17, 15) is 4.79 Å². The molecule has 4 rings (SSSR count). The van der Waals surface area contributed by atoms with E-state index in [1.807, 2.05) is 36.4 Å². The van der Waals surface area contributed by atoms with Crippen LogP contribution in [0.25, 0.3) is 23.1 Å². The monoisotopic (exact) mass is 403 g/mol. The molecule has 2 heterocycles. The number of ether oxygens (including phenoxy) is 2. The number of fused-ring (bicyclic) bond motifs is 1. The third-order valence-corrected chi connectivity index (χ3v) is 4.71. The first-order chi connectivity index (χ1) is 14.7. The molecule has 0 aliphatic heterocycles. The molecular formula is C23H21N3O4. The minimum atomic E-state index is -0.253. The molecule has 0 saturated heterocycles. The highest BCUT2D eigenvalue weighted by molar-refractivity contribution is 6.05. The van der Waals surface area contributed by atoms with E-state index in [0.717, 1.165) is 22.4 Å². The summed E-state index contributed by atoms with van der Waals surface area (Å²) in [5.74, 6) is 1.69. The average molecular weight is 403 g/mol. The third-order valence-electron chi connectivity index (χ3n) is 4.71. The van der Waals surface area contributed by atoms with Crippen LogP contribution in [0, 0.1) is 0 Å². The van der Waals surface area contributed by atoms with Gasteiger partial charge in [0.1, 0.15) is 17.3 Å². The van der Waals surface area contributed by atoms with Gasteiger partial charge in [0.25, 0.3) is 5.91 Å². The molecular weight excluding hydrogens is 382 g/mol. The number of nitrogens with zero attached hydrogens (tertiary/aromatic N) is 1. The zero-order valence-electron chi connectivity index (χ0n) is 16.6. The fraction of sp³-hybridized carbons (Fsp3) is 0.130. The summed E-state index contributed by atoms with van der Waals surface area (Å²) in [5.41, 5.74) is 2.89. The molecule has 1 amide bonds. The van der Waals surface area contributed by atoms with Crippen molar-refractivity contribution in [1.82, 2.24) is 15.5 Å². The Bertz CT molecular complexity index is 1180. The van der Waals surface area contributed by atoms with Gasteiger partial charge in [0, 0.05) is 0 Å². The third kappa shape index (κ3) is 3.91. The molecule has 0 spiro atoms. The van der Waals surface area contributed by atoms with Crippen molar-refractivity contribution in [3.8, 4) is 11.5 Å². The Morgan fingerprint density at radius 1 is 1.10 bits per heavy atom. The number of hydrogen-bond acceptors (Lipinski definition) is 5. The number of rotatable bonds is 7. The Balaban J connectivity index is 1.63. The largest absolute Gasteiger partial charge is 0.497 e. The molecule has 2 aromatic carbocycles. The minimum Gasteiger partial charge on any atom is -0.497 e. The van der Waals surface area contributed by atoms with Crippen molar-refractivity contribution in [2.24, 2.45) is 0 Å². The van der Waals surface area contributed by atoms with Crippen molar-refractivity contribution in [3.63, 3.8) is 0 Å². The van der Waals surface area contributed by atoms with Gasteiger partial charge in [-0.05, 0) is 48.0 Å². The molecule has 0 unspecified atom stereocenters. The molecule has 0 fully saturated rings. The Morgan fingerprint density at radius 2 is 1.93 bits per heavy atom. The Kier molecular flexibility index (Phi) is 5.52. The summed E-state index contributed by atoms with van der Waals surface area (Å²) in [4.78, 5) is 12.7. The number of benzene rings is 2. The Labute approximate surface area is 173 Å². The molecule has 0 saturated carbocycles. The van der Waals surface area contributed by atoms with E-state index >= 15 is 0 Å². The molecule has 30 heavy (non-hydrogen) atoms. The fourth-order valence-electron chi connectivity index (χ4n) is 3.18. The lowest BCUT2D eigenvalue weighted by atomic mass is 10.1. The predicted molar refractivity (Wildman–Crippen MR) is 114 cm³/mol. The maximum absolute atomic E-state index is 12.7. The molecule has 152 valence electrons. The zero-order chi connectivity index (χ0) is 20.9. The molecule has 7 heteroatoms. The summed E-state index contributed by atoms with van der Waals surface area (Å²) < 4.78 is 16.1. The maximum atomic E-state index is 12.7. The number of aromatic amines is 1. The lowest BCUT2D eigenvalue weighted by Crippen LogP contribution is -2.23. The number of carbonyl (C=O) groups is 1. The molecule has 0 aliphatic rings. The summed E-state index contributed by atoms with van der Waals surface area (Å²) in [7, 11) is 3.18. The van der Waals surface area contributed by atoms with Crippen molar-refractivity contribution in [2.45, 2.75) is 6.54 Å². The van der Waals surface area contributed by atoms with E-state index in [1.54, 1.807) is 44.7 Å². The molecule has 0 bridgehead atoms. The van der Waals surface area contributed by atoms with Gasteiger partial charge in [0.2, 0.25) is 0 Å². The number of methoxy groups -OCH3 is 2. The number of carbonyl (C=O) groups excluding carboxylic acids is 1. The van der Waals surface area contributed by atoms with E-state index in [-0.39, 0.29) is 5.91 Å². The number of nitrogens with one attached hydrogen (secondary N) is 2. The van der Waals surface area contributed by atoms with Crippen LogP contribution in [-0.2, 0) is 6.54 Å². The van der Waals surface area contributed by atoms with Crippen LogP contribution in [0.3, 0.4) is 0 Å². The van der Waals surface area contributed by atoms with Crippen LogP contribution in [-0.4, -0.2) is 30.3 Å². The van der Waals surface area contributed by atoms with Crippen molar-refractivity contribution >= 4 is 29.0 Å². The average Bonchev–Trinajstić information content (AvgIpc) is 3.45. The van der Waals surface area contributed by atoms with Crippen LogP contribution >= 0.6 is 0 Å². The first-order valence-corrected chi connectivity index (χ1v) is 9.37. The SMILES string of the molecule is COc1ccc(/C=C/c2[nH]nc3ccc(C(=O)NCc4ccco4)c(OC)c23)cc1. The summed E-state index contributed by atoms with van der Waals surface area (Å²) >= 11 is 0. The van der Waals surface area contributed by atoms with Crippen molar-refractivity contribution in [2.75, 3.05) is 14.2 Å². The molecule has 4 aromatic rings. The maximum Gasteiger partial charge on any atom is 0.255 e. The van der Waals surface area contributed by atoms with Gasteiger partial charge in [-0.1, -0.05) is 18.2 Å². The quantitative estimate of drug-likeness (QED) is 0.481. The van der Waals surface area contributed by atoms with Gasteiger partial charge >= 0.3 is 0 Å². The van der Waals surface area contributed by atoms with Gasteiger partial charge in [0.15, 0.2) is 0 Å². The number of H-pyrrole nitrogens is 1. The number of amides is 1. The zero-order valence-corrected chi connectivity index (χ0v) is 16.6. The fourth-order valence-corrected chi connectivity index (χ4v) is 3.18. The predicted octanol–water partition coefficient (Wildman–Crippen LogP) is 4.27. The minimum absolute atomic E-state index is 0.253. The van der Waals surface area contributed by atoms with Gasteiger partial charge in [0.05, 0.1) is 49.2 Å². The number of aromatic nitrogens is 2. The molecule has 2 aromatic heterocycles. The van der Waals surface area contributed by atoms with E-state index in [0.29, 0.717) is 29.1 Å². The van der Waals surface area contributed by atoms with Crippen LogP contribution < -0.4 is 14.8 Å². The lowest BCUT2D eigenvalue weighted by molar-refractivity contribution is 0.0945. The molecule has 0 aliphatic carbocycles. The highest BCUT2D eigenvalue weighted by Crippen LogP contribution is 2.32. The van der Waals surface area contributed by atoms with Crippen molar-refractivity contribution < 1.29 is 18.7 Å². The first-order valence-electron chi connectivity index (χ1n) is 9.37. The Morgan fingerprint density at radius 3 is 2.63 bits per heavy atom. The van der Waals surface area contributed by atoms with Gasteiger partial charge in [-0.3, -0.25) is 9.89 Å². The number of furan rings is 1. The highest BCUT2D eigenvalue weighted by atomic mass is 16.5. The first kappa shape index (κ1) is 19.3. The van der Waals surface area contributed by atoms with Crippen LogP contribution in [0.1, 0.15) is 27.4 Å². The van der Waals surface area contributed by atoms with Gasteiger partial charge < -0.3 is 19.2 Å². The second-order valence-corrected chi connectivity index (χ2v) is 6.55. The summed E-state index contributed by atoms with van der Waals surface area (Å²) in [6, 6.07) is 14.8. The van der Waals surface area contributed by atoms with E-state index in [4.69, 9.17) is 13.9 Å². The van der Waals surface area contributed by atoms with Crippen LogP contribution in [0.5, 0.6) is 11.5 Å². The van der Waals surface area contributed by atoms with Gasteiger partial charge in [-0.25, -0.2) is 0 Å². The van der Waals surface area contributed by atoms with Crippen LogP contribution in [0.4, 0.5) is 0 Å².